The van der Waals surface area contributed by atoms with Crippen molar-refractivity contribution in [2.45, 2.75) is 50.8 Å². The van der Waals surface area contributed by atoms with E-state index in [9.17, 15) is 5.11 Å². The Morgan fingerprint density at radius 2 is 2.17 bits per heavy atom. The molecule has 1 aromatic heterocycles. The van der Waals surface area contributed by atoms with Crippen LogP contribution in [0.1, 0.15) is 37.4 Å². The third-order valence-corrected chi connectivity index (χ3v) is 5.01. The number of aliphatic hydroxyl groups is 1. The molecule has 1 unspecified atom stereocenters. The molecule has 7 heteroatoms. The first-order valence-corrected chi connectivity index (χ1v) is 8.56. The number of aryl methyl sites for hydroxylation is 1. The molecule has 3 heterocycles. The zero-order valence-electron chi connectivity index (χ0n) is 14.2. The van der Waals surface area contributed by atoms with Gasteiger partial charge in [-0.1, -0.05) is 5.16 Å². The van der Waals surface area contributed by atoms with Gasteiger partial charge in [-0.2, -0.15) is 4.98 Å². The van der Waals surface area contributed by atoms with E-state index < -0.39 is 5.60 Å². The van der Waals surface area contributed by atoms with E-state index in [1.54, 1.807) is 0 Å². The number of likely N-dealkylation sites (tertiary alicyclic amines) is 1. The van der Waals surface area contributed by atoms with Crippen LogP contribution in [0.5, 0.6) is 0 Å². The molecule has 0 bridgehead atoms. The molecule has 1 atom stereocenters. The van der Waals surface area contributed by atoms with Crippen LogP contribution in [0.4, 0.5) is 0 Å². The van der Waals surface area contributed by atoms with E-state index in [1.807, 2.05) is 6.92 Å². The van der Waals surface area contributed by atoms with Crippen molar-refractivity contribution in [1.29, 1.82) is 0 Å². The van der Waals surface area contributed by atoms with Crippen LogP contribution in [0.15, 0.2) is 4.52 Å². The Kier molecular flexibility index (Phi) is 5.31. The van der Waals surface area contributed by atoms with Gasteiger partial charge in [0.2, 0.25) is 5.89 Å². The van der Waals surface area contributed by atoms with Gasteiger partial charge in [0, 0.05) is 52.1 Å². The molecule has 2 aliphatic heterocycles. The Morgan fingerprint density at radius 3 is 2.87 bits per heavy atom. The van der Waals surface area contributed by atoms with Crippen molar-refractivity contribution >= 4 is 0 Å². The van der Waals surface area contributed by atoms with E-state index in [1.165, 1.54) is 6.42 Å². The van der Waals surface area contributed by atoms with Crippen molar-refractivity contribution in [3.05, 3.63) is 11.7 Å². The highest BCUT2D eigenvalue weighted by molar-refractivity contribution is 4.90. The highest BCUT2D eigenvalue weighted by Crippen LogP contribution is 2.24. The molecule has 0 aromatic carbocycles. The summed E-state index contributed by atoms with van der Waals surface area (Å²) in [7, 11) is 2.13. The lowest BCUT2D eigenvalue weighted by Gasteiger charge is -2.42. The van der Waals surface area contributed by atoms with Gasteiger partial charge in [-0.25, -0.2) is 0 Å². The van der Waals surface area contributed by atoms with Gasteiger partial charge >= 0.3 is 0 Å². The summed E-state index contributed by atoms with van der Waals surface area (Å²) < 4.78 is 10.4. The van der Waals surface area contributed by atoms with Crippen molar-refractivity contribution in [2.24, 2.45) is 0 Å². The van der Waals surface area contributed by atoms with Gasteiger partial charge in [-0.15, -0.1) is 0 Å². The Hall–Kier alpha value is -1.02. The summed E-state index contributed by atoms with van der Waals surface area (Å²) in [4.78, 5) is 8.99. The largest absolute Gasteiger partial charge is 0.388 e. The normalized spacial score (nSPS) is 25.8. The number of rotatable bonds is 5. The third-order valence-electron chi connectivity index (χ3n) is 5.01. The van der Waals surface area contributed by atoms with E-state index in [0.29, 0.717) is 25.1 Å². The molecule has 0 radical (unpaired) electrons. The fourth-order valence-corrected chi connectivity index (χ4v) is 3.64. The van der Waals surface area contributed by atoms with E-state index in [2.05, 4.69) is 27.0 Å². The molecule has 7 nitrogen and oxygen atoms in total. The fourth-order valence-electron chi connectivity index (χ4n) is 3.64. The van der Waals surface area contributed by atoms with Gasteiger partial charge in [-0.05, 0) is 26.4 Å². The zero-order valence-corrected chi connectivity index (χ0v) is 14.2. The number of likely N-dealkylation sites (N-methyl/N-ethyl adjacent to an activating group) is 1. The van der Waals surface area contributed by atoms with Crippen LogP contribution in [-0.2, 0) is 11.3 Å². The highest BCUT2D eigenvalue weighted by atomic mass is 16.5. The lowest BCUT2D eigenvalue weighted by molar-refractivity contribution is -0.0845. The second kappa shape index (κ2) is 7.25. The number of piperidine rings is 1. The molecule has 2 fully saturated rings. The van der Waals surface area contributed by atoms with Crippen molar-refractivity contribution in [2.75, 3.05) is 39.9 Å². The molecule has 0 saturated carbocycles. The predicted octanol–water partition coefficient (Wildman–Crippen LogP) is 0.816. The van der Waals surface area contributed by atoms with E-state index in [0.717, 1.165) is 51.3 Å². The first-order chi connectivity index (χ1) is 11.0. The maximum absolute atomic E-state index is 10.7. The zero-order chi connectivity index (χ0) is 16.3. The van der Waals surface area contributed by atoms with Crippen molar-refractivity contribution < 1.29 is 14.4 Å². The molecular formula is C16H28N4O3. The van der Waals surface area contributed by atoms with Crippen LogP contribution >= 0.6 is 0 Å². The molecule has 0 aliphatic carbocycles. The van der Waals surface area contributed by atoms with Crippen LogP contribution in [0, 0.1) is 6.92 Å². The minimum atomic E-state index is -0.597. The second-order valence-electron chi connectivity index (χ2n) is 7.01. The molecule has 1 N–H and O–H groups in total. The molecule has 0 spiro atoms. The molecule has 2 aliphatic rings. The van der Waals surface area contributed by atoms with E-state index >= 15 is 0 Å². The van der Waals surface area contributed by atoms with Gasteiger partial charge in [0.05, 0.1) is 12.1 Å². The topological polar surface area (TPSA) is 74.9 Å². The van der Waals surface area contributed by atoms with Gasteiger partial charge in [0.1, 0.15) is 0 Å². The highest BCUT2D eigenvalue weighted by Gasteiger charge is 2.34. The first-order valence-electron chi connectivity index (χ1n) is 8.56. The molecule has 0 amide bonds. The Labute approximate surface area is 137 Å². The minimum Gasteiger partial charge on any atom is -0.388 e. The van der Waals surface area contributed by atoms with Gasteiger partial charge in [0.25, 0.3) is 0 Å². The average Bonchev–Trinajstić information content (AvgIpc) is 2.93. The lowest BCUT2D eigenvalue weighted by atomic mass is 9.92. The maximum Gasteiger partial charge on any atom is 0.223 e. The maximum atomic E-state index is 10.7. The predicted molar refractivity (Wildman–Crippen MR) is 85.0 cm³/mol. The van der Waals surface area contributed by atoms with Gasteiger partial charge in [0.15, 0.2) is 5.82 Å². The number of nitrogens with zero attached hydrogens (tertiary/aromatic N) is 4. The summed E-state index contributed by atoms with van der Waals surface area (Å²) in [5.41, 5.74) is -0.597. The molecule has 1 aromatic rings. The molecular weight excluding hydrogens is 296 g/mol. The fraction of sp³-hybridized carbons (Fsp3) is 0.875. The summed E-state index contributed by atoms with van der Waals surface area (Å²) in [5, 5.41) is 14.7. The number of hydrogen-bond acceptors (Lipinski definition) is 7. The van der Waals surface area contributed by atoms with Gasteiger partial charge < -0.3 is 14.4 Å². The smallest absolute Gasteiger partial charge is 0.223 e. The summed E-state index contributed by atoms with van der Waals surface area (Å²) >= 11 is 0. The Morgan fingerprint density at radius 1 is 1.39 bits per heavy atom. The lowest BCUT2D eigenvalue weighted by Crippen LogP contribution is -2.52. The quantitative estimate of drug-likeness (QED) is 0.859. The van der Waals surface area contributed by atoms with Crippen molar-refractivity contribution in [3.8, 4) is 0 Å². The number of ether oxygens (including phenoxy) is 1. The summed E-state index contributed by atoms with van der Waals surface area (Å²) in [6, 6.07) is 0.462. The minimum absolute atomic E-state index is 0.462. The van der Waals surface area contributed by atoms with Crippen molar-refractivity contribution in [3.63, 3.8) is 0 Å². The van der Waals surface area contributed by atoms with Crippen molar-refractivity contribution in [1.82, 2.24) is 19.9 Å². The van der Waals surface area contributed by atoms with Crippen LogP contribution in [-0.4, -0.2) is 76.6 Å². The summed E-state index contributed by atoms with van der Waals surface area (Å²) in [6.07, 6.45) is 3.80. The van der Waals surface area contributed by atoms with Gasteiger partial charge in [-0.3, -0.25) is 9.80 Å². The second-order valence-corrected chi connectivity index (χ2v) is 7.01. The molecule has 3 rings (SSSR count). The standard InChI is InChI=1S/C16H28N4O3/c1-13-17-15(18-23-13)11-20-7-3-4-14(10-20)19(2)12-16(21)5-8-22-9-6-16/h14,21H,3-12H2,1-2H3. The van der Waals surface area contributed by atoms with E-state index in [4.69, 9.17) is 9.26 Å². The first kappa shape index (κ1) is 16.8. The van der Waals surface area contributed by atoms with E-state index in [-0.39, 0.29) is 0 Å². The Balaban J connectivity index is 1.52. The number of aromatic nitrogens is 2. The van der Waals surface area contributed by atoms with Crippen LogP contribution in [0.3, 0.4) is 0 Å². The number of hydrogen-bond donors (Lipinski definition) is 1. The SMILES string of the molecule is Cc1nc(CN2CCCC(N(C)CC3(O)CCOCC3)C2)no1. The molecule has 23 heavy (non-hydrogen) atoms. The monoisotopic (exact) mass is 324 g/mol. The Bertz CT molecular complexity index is 501. The van der Waals surface area contributed by atoms with Crippen LogP contribution < -0.4 is 0 Å². The summed E-state index contributed by atoms with van der Waals surface area (Å²) in [5.74, 6) is 1.38. The molecule has 2 saturated heterocycles. The third kappa shape index (κ3) is 4.50. The molecule has 130 valence electrons. The summed E-state index contributed by atoms with van der Waals surface area (Å²) in [6.45, 7) is 6.65. The average molecular weight is 324 g/mol. The van der Waals surface area contributed by atoms with Crippen LogP contribution in [0.25, 0.3) is 0 Å². The van der Waals surface area contributed by atoms with Crippen LogP contribution in [0.2, 0.25) is 0 Å².